The maximum Gasteiger partial charge on any atom is 0.251 e. The van der Waals surface area contributed by atoms with Crippen LogP contribution in [0.25, 0.3) is 0 Å². The van der Waals surface area contributed by atoms with E-state index in [-0.39, 0.29) is 18.5 Å². The largest absolute Gasteiger partial charge is 0.550 e. The van der Waals surface area contributed by atoms with E-state index in [1.165, 1.54) is 12.1 Å². The average molecular weight is 210 g/mol. The van der Waals surface area contributed by atoms with Crippen LogP contribution < -0.4 is 10.4 Å². The molecule has 0 spiro atoms. The molecule has 0 aliphatic carbocycles. The maximum absolute atomic E-state index is 12.5. The number of aliphatic carboxylic acids is 1. The van der Waals surface area contributed by atoms with E-state index in [1.54, 1.807) is 0 Å². The van der Waals surface area contributed by atoms with Crippen LogP contribution in [-0.4, -0.2) is 18.4 Å². The van der Waals surface area contributed by atoms with Crippen molar-refractivity contribution in [2.45, 2.75) is 6.42 Å². The smallest absolute Gasteiger partial charge is 0.251 e. The van der Waals surface area contributed by atoms with E-state index < -0.39 is 17.7 Å². The number of hydrogen-bond donors (Lipinski definition) is 1. The van der Waals surface area contributed by atoms with Crippen LogP contribution in [0.3, 0.4) is 0 Å². The number of carbonyl (C=O) groups excluding carboxylic acids is 2. The SMILES string of the molecule is O=C([O-])CCNC(=O)c1ccc(F)cc1. The Hall–Kier alpha value is -1.91. The van der Waals surface area contributed by atoms with Crippen LogP contribution in [0.1, 0.15) is 16.8 Å². The van der Waals surface area contributed by atoms with Crippen molar-refractivity contribution in [1.82, 2.24) is 5.32 Å². The first-order chi connectivity index (χ1) is 7.09. The molecule has 1 aromatic carbocycles. The number of benzene rings is 1. The number of amides is 1. The second-order valence-corrected chi connectivity index (χ2v) is 2.88. The first-order valence-corrected chi connectivity index (χ1v) is 4.33. The van der Waals surface area contributed by atoms with Crippen LogP contribution in [0.15, 0.2) is 24.3 Å². The second kappa shape index (κ2) is 5.09. The van der Waals surface area contributed by atoms with Crippen LogP contribution in [0.5, 0.6) is 0 Å². The molecule has 0 bridgehead atoms. The first-order valence-electron chi connectivity index (χ1n) is 4.33. The fourth-order valence-electron chi connectivity index (χ4n) is 0.981. The molecule has 0 heterocycles. The van der Waals surface area contributed by atoms with Crippen molar-refractivity contribution in [1.29, 1.82) is 0 Å². The fraction of sp³-hybridized carbons (Fsp3) is 0.200. The zero-order chi connectivity index (χ0) is 11.3. The van der Waals surface area contributed by atoms with Gasteiger partial charge in [-0.3, -0.25) is 4.79 Å². The van der Waals surface area contributed by atoms with Gasteiger partial charge >= 0.3 is 0 Å². The topological polar surface area (TPSA) is 69.2 Å². The standard InChI is InChI=1S/C10H10FNO3/c11-8-3-1-7(2-4-8)10(15)12-6-5-9(13)14/h1-4H,5-6H2,(H,12,15)(H,13,14)/p-1. The summed E-state index contributed by atoms with van der Waals surface area (Å²) >= 11 is 0. The van der Waals surface area contributed by atoms with E-state index in [9.17, 15) is 19.1 Å². The molecule has 0 unspecified atom stereocenters. The molecule has 4 nitrogen and oxygen atoms in total. The highest BCUT2D eigenvalue weighted by Gasteiger charge is 2.03. The Kier molecular flexibility index (Phi) is 3.79. The highest BCUT2D eigenvalue weighted by molar-refractivity contribution is 5.94. The monoisotopic (exact) mass is 210 g/mol. The highest BCUT2D eigenvalue weighted by atomic mass is 19.1. The summed E-state index contributed by atoms with van der Waals surface area (Å²) in [6.45, 7) is -0.00145. The minimum Gasteiger partial charge on any atom is -0.550 e. The molecule has 1 rings (SSSR count). The zero-order valence-electron chi connectivity index (χ0n) is 7.83. The summed E-state index contributed by atoms with van der Waals surface area (Å²) < 4.78 is 12.5. The molecule has 0 aromatic heterocycles. The van der Waals surface area contributed by atoms with Crippen LogP contribution in [0.4, 0.5) is 4.39 Å². The van der Waals surface area contributed by atoms with Crippen molar-refractivity contribution in [2.75, 3.05) is 6.54 Å². The summed E-state index contributed by atoms with van der Waals surface area (Å²) in [7, 11) is 0. The van der Waals surface area contributed by atoms with Crippen molar-refractivity contribution in [3.05, 3.63) is 35.6 Å². The Morgan fingerprint density at radius 3 is 2.40 bits per heavy atom. The first kappa shape index (κ1) is 11.2. The molecule has 1 aromatic rings. The predicted molar refractivity (Wildman–Crippen MR) is 48.4 cm³/mol. The lowest BCUT2D eigenvalue weighted by Crippen LogP contribution is -2.30. The van der Waals surface area contributed by atoms with Gasteiger partial charge in [0.25, 0.3) is 5.91 Å². The quantitative estimate of drug-likeness (QED) is 0.741. The number of hydrogen-bond acceptors (Lipinski definition) is 3. The summed E-state index contributed by atoms with van der Waals surface area (Å²) in [5.41, 5.74) is 0.287. The Balaban J connectivity index is 2.47. The Morgan fingerprint density at radius 1 is 1.27 bits per heavy atom. The van der Waals surface area contributed by atoms with Gasteiger partial charge in [-0.05, 0) is 24.3 Å². The van der Waals surface area contributed by atoms with Gasteiger partial charge < -0.3 is 15.2 Å². The summed E-state index contributed by atoms with van der Waals surface area (Å²) in [6, 6.07) is 4.97. The summed E-state index contributed by atoms with van der Waals surface area (Å²) in [5.74, 6) is -2.09. The summed E-state index contributed by atoms with van der Waals surface area (Å²) in [4.78, 5) is 21.3. The minimum atomic E-state index is -1.23. The second-order valence-electron chi connectivity index (χ2n) is 2.88. The minimum absolute atomic E-state index is 0.00145. The maximum atomic E-state index is 12.5. The molecule has 0 aliphatic rings. The number of carboxylic acid groups (broad SMARTS) is 1. The van der Waals surface area contributed by atoms with Crippen LogP contribution in [0.2, 0.25) is 0 Å². The third kappa shape index (κ3) is 3.76. The van der Waals surface area contributed by atoms with Gasteiger partial charge in [0.2, 0.25) is 0 Å². The third-order valence-corrected chi connectivity index (χ3v) is 1.72. The number of carbonyl (C=O) groups is 2. The van der Waals surface area contributed by atoms with Crippen molar-refractivity contribution < 1.29 is 19.1 Å². The Labute approximate surface area is 85.7 Å². The Morgan fingerprint density at radius 2 is 1.87 bits per heavy atom. The lowest BCUT2D eigenvalue weighted by Gasteiger charge is -2.05. The van der Waals surface area contributed by atoms with Crippen LogP contribution >= 0.6 is 0 Å². The van der Waals surface area contributed by atoms with Gasteiger partial charge in [0.15, 0.2) is 0 Å². The number of rotatable bonds is 4. The normalized spacial score (nSPS) is 9.67. The zero-order valence-corrected chi connectivity index (χ0v) is 7.83. The molecule has 0 saturated carbocycles. The molecule has 0 fully saturated rings. The average Bonchev–Trinajstić information content (AvgIpc) is 2.18. The molecule has 15 heavy (non-hydrogen) atoms. The molecule has 0 radical (unpaired) electrons. The van der Waals surface area contributed by atoms with Crippen LogP contribution in [0, 0.1) is 5.82 Å². The lowest BCUT2D eigenvalue weighted by molar-refractivity contribution is -0.305. The van der Waals surface area contributed by atoms with E-state index in [1.807, 2.05) is 0 Å². The van der Waals surface area contributed by atoms with Gasteiger partial charge in [-0.2, -0.15) is 0 Å². The van der Waals surface area contributed by atoms with Crippen molar-refractivity contribution >= 4 is 11.9 Å². The Bertz CT molecular complexity index is 361. The third-order valence-electron chi connectivity index (χ3n) is 1.72. The van der Waals surface area contributed by atoms with E-state index in [0.29, 0.717) is 0 Å². The van der Waals surface area contributed by atoms with Gasteiger partial charge in [-0.1, -0.05) is 0 Å². The van der Waals surface area contributed by atoms with E-state index >= 15 is 0 Å². The molecule has 80 valence electrons. The van der Waals surface area contributed by atoms with Crippen molar-refractivity contribution in [3.8, 4) is 0 Å². The van der Waals surface area contributed by atoms with Crippen molar-refractivity contribution in [3.63, 3.8) is 0 Å². The van der Waals surface area contributed by atoms with Crippen LogP contribution in [-0.2, 0) is 4.79 Å². The fourth-order valence-corrected chi connectivity index (χ4v) is 0.981. The van der Waals surface area contributed by atoms with Gasteiger partial charge in [-0.15, -0.1) is 0 Å². The van der Waals surface area contributed by atoms with E-state index in [0.717, 1.165) is 12.1 Å². The molecule has 0 saturated heterocycles. The number of carboxylic acids is 1. The number of halogens is 1. The molecule has 0 aliphatic heterocycles. The molecule has 1 N–H and O–H groups in total. The van der Waals surface area contributed by atoms with Gasteiger partial charge in [-0.25, -0.2) is 4.39 Å². The molecule has 0 atom stereocenters. The van der Waals surface area contributed by atoms with Gasteiger partial charge in [0.05, 0.1) is 0 Å². The molecular weight excluding hydrogens is 201 g/mol. The van der Waals surface area contributed by atoms with Gasteiger partial charge in [0.1, 0.15) is 5.82 Å². The number of nitrogens with one attached hydrogen (secondary N) is 1. The van der Waals surface area contributed by atoms with E-state index in [4.69, 9.17) is 0 Å². The molecular formula is C10H9FNO3-. The van der Waals surface area contributed by atoms with E-state index in [2.05, 4.69) is 5.32 Å². The molecule has 1 amide bonds. The van der Waals surface area contributed by atoms with Crippen molar-refractivity contribution in [2.24, 2.45) is 0 Å². The molecule has 5 heteroatoms. The van der Waals surface area contributed by atoms with Gasteiger partial charge in [0, 0.05) is 24.5 Å². The summed E-state index contributed by atoms with van der Waals surface area (Å²) in [6.07, 6.45) is -0.243. The summed E-state index contributed by atoms with van der Waals surface area (Å²) in [5, 5.41) is 12.4. The highest BCUT2D eigenvalue weighted by Crippen LogP contribution is 2.02. The predicted octanol–water partition coefficient (Wildman–Crippen LogP) is -0.304. The lowest BCUT2D eigenvalue weighted by atomic mass is 10.2.